The van der Waals surface area contributed by atoms with E-state index >= 15 is 0 Å². The molecule has 0 bridgehead atoms. The van der Waals surface area contributed by atoms with Gasteiger partial charge in [-0.05, 0) is 24.8 Å². The Kier molecular flexibility index (Phi) is 2.22. The predicted octanol–water partition coefficient (Wildman–Crippen LogP) is 3.16. The van der Waals surface area contributed by atoms with Crippen LogP contribution in [0.3, 0.4) is 0 Å². The lowest BCUT2D eigenvalue weighted by molar-refractivity contribution is 0.211. The van der Waals surface area contributed by atoms with Crippen molar-refractivity contribution in [1.82, 2.24) is 0 Å². The van der Waals surface area contributed by atoms with Crippen molar-refractivity contribution < 1.29 is 8.78 Å². The fourth-order valence-electron chi connectivity index (χ4n) is 2.38. The Hall–Kier alpha value is -1.43. The molecule has 1 saturated carbocycles. The summed E-state index contributed by atoms with van der Waals surface area (Å²) in [7, 11) is 0. The van der Waals surface area contributed by atoms with Crippen LogP contribution in [0.2, 0.25) is 0 Å². The predicted molar refractivity (Wildman–Crippen MR) is 52.0 cm³/mol. The molecule has 0 aliphatic heterocycles. The molecule has 0 radical (unpaired) electrons. The molecule has 1 aromatic carbocycles. The first-order chi connectivity index (χ1) is 7.07. The van der Waals surface area contributed by atoms with Crippen LogP contribution in [0.25, 0.3) is 0 Å². The van der Waals surface area contributed by atoms with Crippen molar-refractivity contribution in [2.24, 2.45) is 5.92 Å². The third-order valence-electron chi connectivity index (χ3n) is 3.05. The van der Waals surface area contributed by atoms with E-state index < -0.39 is 17.0 Å². The van der Waals surface area contributed by atoms with Crippen molar-refractivity contribution in [2.45, 2.75) is 25.2 Å². The molecule has 0 aromatic heterocycles. The smallest absolute Gasteiger partial charge is 0.130 e. The van der Waals surface area contributed by atoms with Gasteiger partial charge in [-0.25, -0.2) is 8.78 Å². The van der Waals surface area contributed by atoms with E-state index in [1.54, 1.807) is 0 Å². The van der Waals surface area contributed by atoms with Crippen LogP contribution in [-0.2, 0) is 5.41 Å². The van der Waals surface area contributed by atoms with Crippen LogP contribution in [0.15, 0.2) is 18.2 Å². The number of hydrogen-bond acceptors (Lipinski definition) is 1. The summed E-state index contributed by atoms with van der Waals surface area (Å²) in [6.07, 6.45) is 1.32. The molecular formula is C12H11F2N. The number of rotatable bonds is 1. The summed E-state index contributed by atoms with van der Waals surface area (Å²) in [4.78, 5) is 0. The van der Waals surface area contributed by atoms with Gasteiger partial charge in [0.1, 0.15) is 11.6 Å². The molecule has 1 nitrogen and oxygen atoms in total. The zero-order valence-electron chi connectivity index (χ0n) is 8.43. The minimum Gasteiger partial charge on any atom is -0.207 e. The molecule has 2 rings (SSSR count). The van der Waals surface area contributed by atoms with E-state index in [0.717, 1.165) is 6.07 Å². The molecule has 0 amide bonds. The molecule has 0 heterocycles. The van der Waals surface area contributed by atoms with Gasteiger partial charge in [0.25, 0.3) is 0 Å². The lowest BCUT2D eigenvalue weighted by Gasteiger charge is -2.41. The molecule has 1 aromatic rings. The van der Waals surface area contributed by atoms with E-state index in [4.69, 9.17) is 5.26 Å². The van der Waals surface area contributed by atoms with Gasteiger partial charge in [0.05, 0.1) is 11.5 Å². The monoisotopic (exact) mass is 207 g/mol. The zero-order chi connectivity index (χ0) is 11.1. The standard InChI is InChI=1S/C12H11F2N/c1-8-5-12(6-8,7-15)10-3-2-9(13)4-11(10)14/h2-4,8H,5-6H2,1H3. The minimum absolute atomic E-state index is 0.338. The van der Waals surface area contributed by atoms with Crippen LogP contribution in [0, 0.1) is 28.9 Å². The van der Waals surface area contributed by atoms with Crippen LogP contribution < -0.4 is 0 Å². The Labute approximate surface area is 87.3 Å². The Morgan fingerprint density at radius 1 is 1.40 bits per heavy atom. The maximum Gasteiger partial charge on any atom is 0.130 e. The molecule has 1 fully saturated rings. The molecule has 15 heavy (non-hydrogen) atoms. The molecule has 0 spiro atoms. The lowest BCUT2D eigenvalue weighted by atomic mass is 9.60. The van der Waals surface area contributed by atoms with E-state index in [9.17, 15) is 8.78 Å². The van der Waals surface area contributed by atoms with E-state index in [1.807, 2.05) is 6.92 Å². The summed E-state index contributed by atoms with van der Waals surface area (Å²) >= 11 is 0. The number of benzene rings is 1. The minimum atomic E-state index is -0.725. The summed E-state index contributed by atoms with van der Waals surface area (Å²) in [5.41, 5.74) is -0.387. The topological polar surface area (TPSA) is 23.8 Å². The van der Waals surface area contributed by atoms with Crippen molar-refractivity contribution >= 4 is 0 Å². The van der Waals surface area contributed by atoms with Crippen molar-refractivity contribution in [3.05, 3.63) is 35.4 Å². The third-order valence-corrected chi connectivity index (χ3v) is 3.05. The van der Waals surface area contributed by atoms with Crippen LogP contribution >= 0.6 is 0 Å². The second-order valence-electron chi connectivity index (χ2n) is 4.33. The highest BCUT2D eigenvalue weighted by molar-refractivity contribution is 5.37. The first kappa shape index (κ1) is 10.1. The van der Waals surface area contributed by atoms with Gasteiger partial charge in [0.15, 0.2) is 0 Å². The Balaban J connectivity index is 2.41. The molecule has 0 N–H and O–H groups in total. The average molecular weight is 207 g/mol. The second kappa shape index (κ2) is 3.30. The number of nitrogens with zero attached hydrogens (tertiary/aromatic N) is 1. The van der Waals surface area contributed by atoms with E-state index in [0.29, 0.717) is 24.3 Å². The largest absolute Gasteiger partial charge is 0.207 e. The summed E-state index contributed by atoms with van der Waals surface area (Å²) in [6, 6.07) is 5.60. The SMILES string of the molecule is CC1CC(C#N)(c2ccc(F)cc2F)C1. The Bertz CT molecular complexity index is 428. The van der Waals surface area contributed by atoms with E-state index in [2.05, 4.69) is 6.07 Å². The highest BCUT2D eigenvalue weighted by Gasteiger charge is 2.45. The molecular weight excluding hydrogens is 196 g/mol. The van der Waals surface area contributed by atoms with Gasteiger partial charge in [-0.2, -0.15) is 5.26 Å². The molecule has 3 heteroatoms. The van der Waals surface area contributed by atoms with Gasteiger partial charge in [-0.3, -0.25) is 0 Å². The fourth-order valence-corrected chi connectivity index (χ4v) is 2.38. The van der Waals surface area contributed by atoms with Gasteiger partial charge in [-0.15, -0.1) is 0 Å². The third kappa shape index (κ3) is 1.50. The lowest BCUT2D eigenvalue weighted by Crippen LogP contribution is -2.39. The van der Waals surface area contributed by atoms with Gasteiger partial charge < -0.3 is 0 Å². The summed E-state index contributed by atoms with van der Waals surface area (Å²) < 4.78 is 26.2. The van der Waals surface area contributed by atoms with Gasteiger partial charge in [-0.1, -0.05) is 13.0 Å². The second-order valence-corrected chi connectivity index (χ2v) is 4.33. The van der Waals surface area contributed by atoms with Crippen LogP contribution in [-0.4, -0.2) is 0 Å². The Morgan fingerprint density at radius 2 is 2.07 bits per heavy atom. The number of halogens is 2. The van der Waals surface area contributed by atoms with Crippen LogP contribution in [0.1, 0.15) is 25.3 Å². The normalized spacial score (nSPS) is 29.3. The Morgan fingerprint density at radius 3 is 2.53 bits per heavy atom. The molecule has 78 valence electrons. The molecule has 0 saturated heterocycles. The highest BCUT2D eigenvalue weighted by Crippen LogP contribution is 2.47. The maximum absolute atomic E-state index is 13.5. The molecule has 1 aliphatic rings. The average Bonchev–Trinajstić information content (AvgIpc) is 2.13. The first-order valence-electron chi connectivity index (χ1n) is 4.94. The number of hydrogen-bond donors (Lipinski definition) is 0. The molecule has 1 aliphatic carbocycles. The quantitative estimate of drug-likeness (QED) is 0.694. The van der Waals surface area contributed by atoms with Gasteiger partial charge >= 0.3 is 0 Å². The zero-order valence-corrected chi connectivity index (χ0v) is 8.43. The first-order valence-corrected chi connectivity index (χ1v) is 4.94. The fraction of sp³-hybridized carbons (Fsp3) is 0.417. The van der Waals surface area contributed by atoms with Crippen LogP contribution in [0.4, 0.5) is 8.78 Å². The van der Waals surface area contributed by atoms with Crippen molar-refractivity contribution in [2.75, 3.05) is 0 Å². The molecule has 0 unspecified atom stereocenters. The summed E-state index contributed by atoms with van der Waals surface area (Å²) in [6.45, 7) is 2.02. The summed E-state index contributed by atoms with van der Waals surface area (Å²) in [5, 5.41) is 9.09. The van der Waals surface area contributed by atoms with Gasteiger partial charge in [0.2, 0.25) is 0 Å². The maximum atomic E-state index is 13.5. The van der Waals surface area contributed by atoms with E-state index in [1.165, 1.54) is 12.1 Å². The van der Waals surface area contributed by atoms with Gasteiger partial charge in [0, 0.05) is 11.6 Å². The van der Waals surface area contributed by atoms with Crippen molar-refractivity contribution in [1.29, 1.82) is 5.26 Å². The van der Waals surface area contributed by atoms with Crippen molar-refractivity contribution in [3.63, 3.8) is 0 Å². The molecule has 0 atom stereocenters. The number of nitriles is 1. The highest BCUT2D eigenvalue weighted by atomic mass is 19.1. The summed E-state index contributed by atoms with van der Waals surface area (Å²) in [5.74, 6) is -0.769. The van der Waals surface area contributed by atoms with E-state index in [-0.39, 0.29) is 0 Å². The van der Waals surface area contributed by atoms with Crippen LogP contribution in [0.5, 0.6) is 0 Å². The van der Waals surface area contributed by atoms with Crippen molar-refractivity contribution in [3.8, 4) is 6.07 Å².